The number of hydrogen-bond donors (Lipinski definition) is 0. The molecule has 3 nitrogen and oxygen atoms in total. The summed E-state index contributed by atoms with van der Waals surface area (Å²) < 4.78 is 5.05. The summed E-state index contributed by atoms with van der Waals surface area (Å²) in [6.07, 6.45) is 0.781. The van der Waals surface area contributed by atoms with Gasteiger partial charge >= 0.3 is 0 Å². The summed E-state index contributed by atoms with van der Waals surface area (Å²) in [6.45, 7) is 8.57. The Bertz CT molecular complexity index is 405. The van der Waals surface area contributed by atoms with Crippen molar-refractivity contribution in [3.8, 4) is 5.75 Å². The molecule has 0 aliphatic heterocycles. The molecular weight excluding hydrogens is 190 g/mol. The fraction of sp³-hybridized carbons (Fsp3) is 0.333. The van der Waals surface area contributed by atoms with Crippen LogP contribution in [0.25, 0.3) is 4.85 Å². The smallest absolute Gasteiger partial charge is 0.276 e. The number of Topliss-reactive ketones (excluding diaryl/α,β-unsaturated/α-hetero) is 1. The molecule has 1 rings (SSSR count). The van der Waals surface area contributed by atoms with Crippen LogP contribution in [0.4, 0.5) is 0 Å². The molecule has 0 fully saturated rings. The van der Waals surface area contributed by atoms with Gasteiger partial charge in [-0.2, -0.15) is 0 Å². The lowest BCUT2D eigenvalue weighted by molar-refractivity contribution is 0.101. The highest BCUT2D eigenvalue weighted by atomic mass is 16.5. The molecule has 0 radical (unpaired) electrons. The van der Waals surface area contributed by atoms with Crippen molar-refractivity contribution in [2.75, 3.05) is 13.7 Å². The van der Waals surface area contributed by atoms with Crippen molar-refractivity contribution in [2.24, 2.45) is 0 Å². The second-order valence-electron chi connectivity index (χ2n) is 3.12. The number of methoxy groups -OCH3 is 1. The maximum Gasteiger partial charge on any atom is 0.276 e. The number of rotatable bonds is 4. The van der Waals surface area contributed by atoms with Crippen LogP contribution in [-0.4, -0.2) is 19.4 Å². The minimum Gasteiger partial charge on any atom is -0.497 e. The molecule has 1 aromatic carbocycles. The van der Waals surface area contributed by atoms with Gasteiger partial charge in [-0.15, -0.1) is 0 Å². The lowest BCUT2D eigenvalue weighted by Crippen LogP contribution is -2.06. The third-order valence-electron chi connectivity index (χ3n) is 2.22. The van der Waals surface area contributed by atoms with Gasteiger partial charge in [0.1, 0.15) is 5.75 Å². The molecule has 0 atom stereocenters. The number of benzene rings is 1. The van der Waals surface area contributed by atoms with Gasteiger partial charge in [0.05, 0.1) is 7.11 Å². The van der Waals surface area contributed by atoms with Crippen LogP contribution in [0.5, 0.6) is 5.75 Å². The minimum absolute atomic E-state index is 0.0971. The largest absolute Gasteiger partial charge is 0.497 e. The summed E-state index contributed by atoms with van der Waals surface area (Å²) in [5.74, 6) is 0.515. The van der Waals surface area contributed by atoms with Crippen LogP contribution in [-0.2, 0) is 6.42 Å². The van der Waals surface area contributed by atoms with Crippen molar-refractivity contribution in [1.82, 2.24) is 0 Å². The second-order valence-corrected chi connectivity index (χ2v) is 3.12. The topological polar surface area (TPSA) is 30.7 Å². The Morgan fingerprint density at radius 1 is 1.53 bits per heavy atom. The SMILES string of the molecule is [C-]#[N+]CC(=O)c1cc(OC)ccc1CC. The predicted molar refractivity (Wildman–Crippen MR) is 58.2 cm³/mol. The Morgan fingerprint density at radius 2 is 2.27 bits per heavy atom. The molecular formula is C12H13NO2. The summed E-state index contributed by atoms with van der Waals surface area (Å²) in [5, 5.41) is 0. The number of ether oxygens (including phenoxy) is 1. The van der Waals surface area contributed by atoms with E-state index in [2.05, 4.69) is 4.85 Å². The van der Waals surface area contributed by atoms with Gasteiger partial charge in [-0.05, 0) is 24.1 Å². The van der Waals surface area contributed by atoms with Crippen molar-refractivity contribution < 1.29 is 9.53 Å². The highest BCUT2D eigenvalue weighted by molar-refractivity contribution is 6.00. The van der Waals surface area contributed by atoms with E-state index in [0.717, 1.165) is 12.0 Å². The van der Waals surface area contributed by atoms with Gasteiger partial charge in [0.25, 0.3) is 6.54 Å². The minimum atomic E-state index is -0.138. The van der Waals surface area contributed by atoms with Crippen LogP contribution in [0.1, 0.15) is 22.8 Å². The summed E-state index contributed by atoms with van der Waals surface area (Å²) in [5.41, 5.74) is 1.57. The van der Waals surface area contributed by atoms with Gasteiger partial charge < -0.3 is 9.58 Å². The Labute approximate surface area is 89.5 Å². The number of ketones is 1. The van der Waals surface area contributed by atoms with Gasteiger partial charge in [0.15, 0.2) is 0 Å². The average Bonchev–Trinajstić information content (AvgIpc) is 2.28. The summed E-state index contributed by atoms with van der Waals surface area (Å²) in [4.78, 5) is 14.7. The van der Waals surface area contributed by atoms with Crippen LogP contribution in [0.3, 0.4) is 0 Å². The van der Waals surface area contributed by atoms with E-state index in [1.54, 1.807) is 13.2 Å². The Morgan fingerprint density at radius 3 is 2.80 bits per heavy atom. The molecule has 0 amide bonds. The van der Waals surface area contributed by atoms with Gasteiger partial charge in [-0.25, -0.2) is 6.57 Å². The van der Waals surface area contributed by atoms with Crippen LogP contribution >= 0.6 is 0 Å². The van der Waals surface area contributed by atoms with E-state index < -0.39 is 0 Å². The molecule has 0 N–H and O–H groups in total. The predicted octanol–water partition coefficient (Wildman–Crippen LogP) is 2.36. The highest BCUT2D eigenvalue weighted by Gasteiger charge is 2.13. The van der Waals surface area contributed by atoms with Crippen LogP contribution in [0.15, 0.2) is 18.2 Å². The second kappa shape index (κ2) is 5.16. The van der Waals surface area contributed by atoms with Crippen molar-refractivity contribution in [2.45, 2.75) is 13.3 Å². The van der Waals surface area contributed by atoms with Crippen LogP contribution in [0, 0.1) is 6.57 Å². The molecule has 0 saturated heterocycles. The molecule has 78 valence electrons. The number of hydrogen-bond acceptors (Lipinski definition) is 2. The summed E-state index contributed by atoms with van der Waals surface area (Å²) in [6, 6.07) is 5.40. The van der Waals surface area contributed by atoms with E-state index in [-0.39, 0.29) is 12.3 Å². The molecule has 0 saturated carbocycles. The number of carbonyl (C=O) groups excluding carboxylic acids is 1. The fourth-order valence-corrected chi connectivity index (χ4v) is 1.41. The van der Waals surface area contributed by atoms with Crippen molar-refractivity contribution in [1.29, 1.82) is 0 Å². The number of carbonyl (C=O) groups is 1. The molecule has 3 heteroatoms. The fourth-order valence-electron chi connectivity index (χ4n) is 1.41. The van der Waals surface area contributed by atoms with E-state index in [9.17, 15) is 4.79 Å². The first-order valence-corrected chi connectivity index (χ1v) is 4.76. The average molecular weight is 203 g/mol. The molecule has 0 aliphatic carbocycles. The maximum atomic E-state index is 11.6. The van der Waals surface area contributed by atoms with Crippen LogP contribution < -0.4 is 4.74 Å². The number of aryl methyl sites for hydroxylation is 1. The Balaban J connectivity index is 3.12. The molecule has 0 aliphatic rings. The maximum absolute atomic E-state index is 11.6. The molecule has 0 heterocycles. The molecule has 15 heavy (non-hydrogen) atoms. The van der Waals surface area contributed by atoms with E-state index >= 15 is 0 Å². The third-order valence-corrected chi connectivity index (χ3v) is 2.22. The summed E-state index contributed by atoms with van der Waals surface area (Å²) >= 11 is 0. The quantitative estimate of drug-likeness (QED) is 0.555. The van der Waals surface area contributed by atoms with Gasteiger partial charge in [0, 0.05) is 5.56 Å². The lowest BCUT2D eigenvalue weighted by Gasteiger charge is -2.06. The van der Waals surface area contributed by atoms with Crippen molar-refractivity contribution in [3.05, 3.63) is 40.7 Å². The molecule has 0 spiro atoms. The first kappa shape index (κ1) is 11.3. The zero-order chi connectivity index (χ0) is 11.3. The van der Waals surface area contributed by atoms with E-state index in [1.165, 1.54) is 0 Å². The van der Waals surface area contributed by atoms with Crippen molar-refractivity contribution in [3.63, 3.8) is 0 Å². The van der Waals surface area contributed by atoms with Crippen LogP contribution in [0.2, 0.25) is 0 Å². The Hall–Kier alpha value is -1.82. The first-order chi connectivity index (χ1) is 7.22. The zero-order valence-electron chi connectivity index (χ0n) is 8.91. The molecule has 0 unspecified atom stereocenters. The van der Waals surface area contributed by atoms with Gasteiger partial charge in [-0.3, -0.25) is 4.79 Å². The molecule has 0 aromatic heterocycles. The van der Waals surface area contributed by atoms with E-state index in [4.69, 9.17) is 11.3 Å². The zero-order valence-corrected chi connectivity index (χ0v) is 8.91. The first-order valence-electron chi connectivity index (χ1n) is 4.76. The standard InChI is InChI=1S/C12H13NO2/c1-4-9-5-6-10(15-3)7-11(9)12(14)8-13-2/h5-7H,4,8H2,1,3H3. The van der Waals surface area contributed by atoms with Gasteiger partial charge in [0.2, 0.25) is 5.78 Å². The molecule has 0 bridgehead atoms. The molecule has 1 aromatic rings. The number of nitrogens with zero attached hydrogens (tertiary/aromatic N) is 1. The highest BCUT2D eigenvalue weighted by Crippen LogP contribution is 2.18. The van der Waals surface area contributed by atoms with E-state index in [1.807, 2.05) is 19.1 Å². The third kappa shape index (κ3) is 2.57. The van der Waals surface area contributed by atoms with Crippen molar-refractivity contribution >= 4 is 5.78 Å². The van der Waals surface area contributed by atoms with E-state index in [0.29, 0.717) is 11.3 Å². The van der Waals surface area contributed by atoms with Gasteiger partial charge in [-0.1, -0.05) is 13.0 Å². The normalized spacial score (nSPS) is 9.40. The summed E-state index contributed by atoms with van der Waals surface area (Å²) in [7, 11) is 1.56. The lowest BCUT2D eigenvalue weighted by atomic mass is 10.0. The monoisotopic (exact) mass is 203 g/mol. The Kier molecular flexibility index (Phi) is 3.87.